The van der Waals surface area contributed by atoms with Crippen LogP contribution in [0.3, 0.4) is 0 Å². The van der Waals surface area contributed by atoms with Crippen LogP contribution in [0.5, 0.6) is 0 Å². The largest absolute Gasteiger partial charge is 0.396 e. The lowest BCUT2D eigenvalue weighted by Gasteiger charge is -2.15. The van der Waals surface area contributed by atoms with Crippen LogP contribution in [0, 0.1) is 11.6 Å². The van der Waals surface area contributed by atoms with Crippen LogP contribution in [0.25, 0.3) is 5.57 Å². The molecular weight excluding hydrogens is 198 g/mol. The third kappa shape index (κ3) is 1.99. The highest BCUT2D eigenvalue weighted by Crippen LogP contribution is 2.25. The quantitative estimate of drug-likeness (QED) is 0.695. The number of nitrogens with two attached hydrogens (primary N) is 1. The molecule has 1 aliphatic rings. The molecule has 1 aromatic carbocycles. The van der Waals surface area contributed by atoms with Crippen LogP contribution in [0.2, 0.25) is 0 Å². The Bertz CT molecular complexity index is 413. The van der Waals surface area contributed by atoms with Crippen LogP contribution in [0.15, 0.2) is 18.2 Å². The number of nitrogens with one attached hydrogen (secondary N) is 1. The SMILES string of the molecule is Nc1cc(F)c(C2=CCNCC2)cc1F. The average molecular weight is 210 g/mol. The van der Waals surface area contributed by atoms with Gasteiger partial charge in [-0.2, -0.15) is 0 Å². The van der Waals surface area contributed by atoms with Gasteiger partial charge in [-0.05, 0) is 24.6 Å². The Balaban J connectivity index is 2.43. The van der Waals surface area contributed by atoms with Crippen molar-refractivity contribution < 1.29 is 8.78 Å². The van der Waals surface area contributed by atoms with Crippen molar-refractivity contribution in [3.05, 3.63) is 35.4 Å². The molecule has 0 bridgehead atoms. The number of hydrogen-bond donors (Lipinski definition) is 2. The van der Waals surface area contributed by atoms with Crippen molar-refractivity contribution in [3.63, 3.8) is 0 Å². The van der Waals surface area contributed by atoms with Crippen LogP contribution in [-0.4, -0.2) is 13.1 Å². The van der Waals surface area contributed by atoms with Crippen LogP contribution >= 0.6 is 0 Å². The number of rotatable bonds is 1. The molecule has 1 aliphatic heterocycles. The highest BCUT2D eigenvalue weighted by Gasteiger charge is 2.13. The lowest BCUT2D eigenvalue weighted by molar-refractivity contribution is 0.598. The maximum Gasteiger partial charge on any atom is 0.146 e. The standard InChI is InChI=1S/C11H12F2N2/c12-9-6-11(14)10(13)5-8(9)7-1-3-15-4-2-7/h1,5-6,15H,2-4,14H2. The van der Waals surface area contributed by atoms with E-state index >= 15 is 0 Å². The minimum atomic E-state index is -0.564. The predicted octanol–water partition coefficient (Wildman–Crippen LogP) is 1.92. The van der Waals surface area contributed by atoms with E-state index in [-0.39, 0.29) is 5.69 Å². The van der Waals surface area contributed by atoms with Gasteiger partial charge in [0.1, 0.15) is 11.6 Å². The minimum absolute atomic E-state index is 0.147. The maximum atomic E-state index is 13.5. The molecule has 0 radical (unpaired) electrons. The molecule has 0 fully saturated rings. The van der Waals surface area contributed by atoms with E-state index in [1.807, 2.05) is 6.08 Å². The second-order valence-corrected chi connectivity index (χ2v) is 3.54. The summed E-state index contributed by atoms with van der Waals surface area (Å²) in [5.74, 6) is -1.02. The molecule has 2 rings (SSSR count). The third-order valence-electron chi connectivity index (χ3n) is 2.50. The summed E-state index contributed by atoms with van der Waals surface area (Å²) in [7, 11) is 0. The summed E-state index contributed by atoms with van der Waals surface area (Å²) in [5, 5.41) is 3.11. The van der Waals surface area contributed by atoms with Crippen LogP contribution in [0.1, 0.15) is 12.0 Å². The van der Waals surface area contributed by atoms with Gasteiger partial charge in [0.15, 0.2) is 0 Å². The first-order valence-electron chi connectivity index (χ1n) is 4.83. The lowest BCUT2D eigenvalue weighted by atomic mass is 9.99. The molecule has 0 spiro atoms. The zero-order valence-corrected chi connectivity index (χ0v) is 8.19. The Morgan fingerprint density at radius 3 is 2.67 bits per heavy atom. The van der Waals surface area contributed by atoms with Crippen molar-refractivity contribution in [1.82, 2.24) is 5.32 Å². The van der Waals surface area contributed by atoms with Crippen molar-refractivity contribution in [3.8, 4) is 0 Å². The van der Waals surface area contributed by atoms with Gasteiger partial charge in [0.25, 0.3) is 0 Å². The highest BCUT2D eigenvalue weighted by atomic mass is 19.1. The van der Waals surface area contributed by atoms with Crippen LogP contribution < -0.4 is 11.1 Å². The van der Waals surface area contributed by atoms with Gasteiger partial charge in [0.05, 0.1) is 5.69 Å². The number of benzene rings is 1. The van der Waals surface area contributed by atoms with E-state index in [0.29, 0.717) is 18.5 Å². The first-order chi connectivity index (χ1) is 7.18. The second kappa shape index (κ2) is 3.98. The molecule has 1 heterocycles. The molecule has 80 valence electrons. The Hall–Kier alpha value is -1.42. The first-order valence-corrected chi connectivity index (χ1v) is 4.83. The zero-order chi connectivity index (χ0) is 10.8. The summed E-state index contributed by atoms with van der Waals surface area (Å²) >= 11 is 0. The Kier molecular flexibility index (Phi) is 2.68. The summed E-state index contributed by atoms with van der Waals surface area (Å²) in [5.41, 5.74) is 6.29. The molecule has 0 aliphatic carbocycles. The van der Waals surface area contributed by atoms with E-state index in [9.17, 15) is 8.78 Å². The molecule has 0 unspecified atom stereocenters. The molecule has 0 saturated carbocycles. The van der Waals surface area contributed by atoms with Crippen LogP contribution in [0.4, 0.5) is 14.5 Å². The van der Waals surface area contributed by atoms with Crippen LogP contribution in [-0.2, 0) is 0 Å². The summed E-state index contributed by atoms with van der Waals surface area (Å²) < 4.78 is 26.7. The minimum Gasteiger partial charge on any atom is -0.396 e. The first kappa shape index (κ1) is 10.1. The fourth-order valence-electron chi connectivity index (χ4n) is 1.68. The summed E-state index contributed by atoms with van der Waals surface area (Å²) in [6, 6.07) is 2.20. The van der Waals surface area contributed by atoms with E-state index in [0.717, 1.165) is 18.2 Å². The predicted molar refractivity (Wildman–Crippen MR) is 56.2 cm³/mol. The molecule has 0 aromatic heterocycles. The lowest BCUT2D eigenvalue weighted by Crippen LogP contribution is -2.20. The van der Waals surface area contributed by atoms with Crippen molar-refractivity contribution in [2.45, 2.75) is 6.42 Å². The van der Waals surface area contributed by atoms with Gasteiger partial charge in [0.2, 0.25) is 0 Å². The molecule has 2 nitrogen and oxygen atoms in total. The summed E-state index contributed by atoms with van der Waals surface area (Å²) in [6.07, 6.45) is 2.58. The van der Waals surface area contributed by atoms with Gasteiger partial charge < -0.3 is 11.1 Å². The van der Waals surface area contributed by atoms with Gasteiger partial charge >= 0.3 is 0 Å². The number of anilines is 1. The van der Waals surface area contributed by atoms with E-state index in [2.05, 4.69) is 5.32 Å². The zero-order valence-electron chi connectivity index (χ0n) is 8.19. The molecule has 1 aromatic rings. The van der Waals surface area contributed by atoms with E-state index in [1.54, 1.807) is 0 Å². The maximum absolute atomic E-state index is 13.5. The van der Waals surface area contributed by atoms with Gasteiger partial charge in [-0.3, -0.25) is 0 Å². The average Bonchev–Trinajstić information content (AvgIpc) is 2.25. The van der Waals surface area contributed by atoms with Crippen molar-refractivity contribution >= 4 is 11.3 Å². The summed E-state index contributed by atoms with van der Waals surface area (Å²) in [4.78, 5) is 0. The molecule has 0 atom stereocenters. The number of halogens is 2. The smallest absolute Gasteiger partial charge is 0.146 e. The van der Waals surface area contributed by atoms with Gasteiger partial charge in [-0.25, -0.2) is 8.78 Å². The molecule has 4 heteroatoms. The summed E-state index contributed by atoms with van der Waals surface area (Å²) in [6.45, 7) is 1.48. The number of nitrogen functional groups attached to an aromatic ring is 1. The van der Waals surface area contributed by atoms with E-state index < -0.39 is 11.6 Å². The van der Waals surface area contributed by atoms with Crippen molar-refractivity contribution in [2.75, 3.05) is 18.8 Å². The highest BCUT2D eigenvalue weighted by molar-refractivity contribution is 5.68. The third-order valence-corrected chi connectivity index (χ3v) is 2.50. The van der Waals surface area contributed by atoms with Crippen molar-refractivity contribution in [2.24, 2.45) is 0 Å². The number of hydrogen-bond acceptors (Lipinski definition) is 2. The second-order valence-electron chi connectivity index (χ2n) is 3.54. The molecular formula is C11H12F2N2. The van der Waals surface area contributed by atoms with Gasteiger partial charge in [-0.15, -0.1) is 0 Å². The Labute approximate surface area is 86.8 Å². The Morgan fingerprint density at radius 1 is 1.20 bits per heavy atom. The monoisotopic (exact) mass is 210 g/mol. The molecule has 15 heavy (non-hydrogen) atoms. The van der Waals surface area contributed by atoms with E-state index in [4.69, 9.17) is 5.73 Å². The Morgan fingerprint density at radius 2 is 2.00 bits per heavy atom. The van der Waals surface area contributed by atoms with Gasteiger partial charge in [-0.1, -0.05) is 6.08 Å². The van der Waals surface area contributed by atoms with E-state index in [1.165, 1.54) is 6.07 Å². The van der Waals surface area contributed by atoms with Gasteiger partial charge in [0, 0.05) is 18.2 Å². The van der Waals surface area contributed by atoms with Crippen molar-refractivity contribution in [1.29, 1.82) is 0 Å². The molecule has 0 amide bonds. The normalized spacial score (nSPS) is 16.3. The topological polar surface area (TPSA) is 38.0 Å². The molecule has 3 N–H and O–H groups in total. The fourth-order valence-corrected chi connectivity index (χ4v) is 1.68. The molecule has 0 saturated heterocycles. The fraction of sp³-hybridized carbons (Fsp3) is 0.273.